The summed E-state index contributed by atoms with van der Waals surface area (Å²) in [5.74, 6) is -0.838. The second-order valence-electron chi connectivity index (χ2n) is 6.50. The molecule has 0 unspecified atom stereocenters. The molecule has 3 rings (SSSR count). The van der Waals surface area contributed by atoms with E-state index in [0.717, 1.165) is 44.6 Å². The Morgan fingerprint density at radius 3 is 2.33 bits per heavy atom. The highest BCUT2D eigenvalue weighted by Crippen LogP contribution is 2.32. The van der Waals surface area contributed by atoms with Crippen molar-refractivity contribution in [3.63, 3.8) is 0 Å². The number of hydrogen-bond acceptors (Lipinski definition) is 4. The van der Waals surface area contributed by atoms with Crippen LogP contribution in [0.3, 0.4) is 0 Å². The average molecular weight is 380 g/mol. The van der Waals surface area contributed by atoms with E-state index >= 15 is 0 Å². The van der Waals surface area contributed by atoms with Gasteiger partial charge in [-0.2, -0.15) is 0 Å². The second kappa shape index (κ2) is 7.80. The molecule has 0 radical (unpaired) electrons. The molecule has 1 fully saturated rings. The maximum Gasteiger partial charge on any atom is 0.294 e. The molecule has 2 aromatic rings. The van der Waals surface area contributed by atoms with Crippen LogP contribution in [-0.2, 0) is 9.59 Å². The van der Waals surface area contributed by atoms with E-state index in [1.165, 1.54) is 0 Å². The lowest BCUT2D eigenvalue weighted by atomic mass is 10.1. The summed E-state index contributed by atoms with van der Waals surface area (Å²) >= 11 is 0.852. The number of aryl methyl sites for hydroxylation is 3. The third-order valence-corrected chi connectivity index (χ3v) is 5.12. The van der Waals surface area contributed by atoms with Crippen LogP contribution >= 0.6 is 11.8 Å². The molecule has 1 aliphatic heterocycles. The van der Waals surface area contributed by atoms with Gasteiger partial charge in [-0.3, -0.25) is 19.3 Å². The predicted octanol–water partition coefficient (Wildman–Crippen LogP) is 4.29. The fraction of sp³-hybridized carbons (Fsp3) is 0.190. The first-order chi connectivity index (χ1) is 12.8. The van der Waals surface area contributed by atoms with Gasteiger partial charge in [0.15, 0.2) is 0 Å². The number of imide groups is 1. The van der Waals surface area contributed by atoms with Crippen molar-refractivity contribution in [1.29, 1.82) is 0 Å². The average Bonchev–Trinajstić information content (AvgIpc) is 2.86. The van der Waals surface area contributed by atoms with Crippen LogP contribution in [0.1, 0.15) is 22.3 Å². The van der Waals surface area contributed by atoms with E-state index in [-0.39, 0.29) is 6.54 Å². The van der Waals surface area contributed by atoms with Gasteiger partial charge in [0.05, 0.1) is 4.91 Å². The Morgan fingerprint density at radius 2 is 1.70 bits per heavy atom. The second-order valence-corrected chi connectivity index (χ2v) is 7.49. The molecule has 1 aliphatic rings. The first-order valence-corrected chi connectivity index (χ1v) is 9.35. The molecule has 27 heavy (non-hydrogen) atoms. The van der Waals surface area contributed by atoms with E-state index in [0.29, 0.717) is 4.91 Å². The van der Waals surface area contributed by atoms with Crippen molar-refractivity contribution in [3.8, 4) is 0 Å². The van der Waals surface area contributed by atoms with Crippen LogP contribution in [0.5, 0.6) is 0 Å². The van der Waals surface area contributed by atoms with Gasteiger partial charge >= 0.3 is 0 Å². The zero-order valence-electron chi connectivity index (χ0n) is 15.4. The molecular formula is C21H20N2O3S. The van der Waals surface area contributed by atoms with Crippen LogP contribution in [0.25, 0.3) is 6.08 Å². The van der Waals surface area contributed by atoms with Gasteiger partial charge in [0.2, 0.25) is 5.91 Å². The highest BCUT2D eigenvalue weighted by molar-refractivity contribution is 8.18. The monoisotopic (exact) mass is 380 g/mol. The van der Waals surface area contributed by atoms with E-state index < -0.39 is 17.1 Å². The smallest absolute Gasteiger partial charge is 0.294 e. The summed E-state index contributed by atoms with van der Waals surface area (Å²) in [6.45, 7) is 5.52. The summed E-state index contributed by atoms with van der Waals surface area (Å²) in [5, 5.41) is 2.39. The topological polar surface area (TPSA) is 66.5 Å². The Morgan fingerprint density at radius 1 is 1.07 bits per heavy atom. The number of nitrogens with zero attached hydrogens (tertiary/aromatic N) is 1. The lowest BCUT2D eigenvalue weighted by Gasteiger charge is -2.15. The third-order valence-electron chi connectivity index (χ3n) is 4.21. The Kier molecular flexibility index (Phi) is 5.46. The number of carbonyl (C=O) groups excluding carboxylic acids is 3. The molecule has 5 nitrogen and oxygen atoms in total. The number of amides is 3. The van der Waals surface area contributed by atoms with Crippen LogP contribution in [0.2, 0.25) is 0 Å². The van der Waals surface area contributed by atoms with E-state index in [9.17, 15) is 14.4 Å². The van der Waals surface area contributed by atoms with E-state index in [1.807, 2.05) is 63.2 Å². The summed E-state index contributed by atoms with van der Waals surface area (Å²) in [6, 6.07) is 13.2. The molecule has 2 aromatic carbocycles. The molecule has 3 amide bonds. The minimum absolute atomic E-state index is 0.302. The summed E-state index contributed by atoms with van der Waals surface area (Å²) in [5.41, 5.74) is 4.55. The zero-order valence-corrected chi connectivity index (χ0v) is 16.2. The Labute approximate surface area is 162 Å². The number of anilines is 1. The number of hydrogen-bond donors (Lipinski definition) is 1. The SMILES string of the molecule is Cc1cc(C)c(NC(=O)CN2C(=O)S/C(=C/c3ccccc3)C2=O)c(C)c1. The van der Waals surface area contributed by atoms with Crippen molar-refractivity contribution in [1.82, 2.24) is 4.90 Å². The van der Waals surface area contributed by atoms with Crippen LogP contribution in [0, 0.1) is 20.8 Å². The molecule has 6 heteroatoms. The first-order valence-electron chi connectivity index (χ1n) is 8.53. The van der Waals surface area contributed by atoms with Gasteiger partial charge in [-0.1, -0.05) is 48.0 Å². The number of thioether (sulfide) groups is 1. The summed E-state index contributed by atoms with van der Waals surface area (Å²) in [6.07, 6.45) is 1.66. The van der Waals surface area contributed by atoms with Crippen LogP contribution in [0.15, 0.2) is 47.4 Å². The molecule has 0 saturated carbocycles. The summed E-state index contributed by atoms with van der Waals surface area (Å²) < 4.78 is 0. The molecule has 0 bridgehead atoms. The van der Waals surface area contributed by atoms with Gasteiger partial charge < -0.3 is 5.32 Å². The van der Waals surface area contributed by atoms with Crippen LogP contribution < -0.4 is 5.32 Å². The molecule has 1 heterocycles. The molecule has 0 aromatic heterocycles. The number of rotatable bonds is 4. The number of benzene rings is 2. The van der Waals surface area contributed by atoms with Gasteiger partial charge in [0.25, 0.3) is 11.1 Å². The standard InChI is InChI=1S/C21H20N2O3S/c1-13-9-14(2)19(15(3)10-13)22-18(24)12-23-20(25)17(27-21(23)26)11-16-7-5-4-6-8-16/h4-11H,12H2,1-3H3,(H,22,24)/b17-11+. The van der Waals surface area contributed by atoms with E-state index in [2.05, 4.69) is 5.32 Å². The van der Waals surface area contributed by atoms with E-state index in [4.69, 9.17) is 0 Å². The Hall–Kier alpha value is -2.86. The minimum atomic E-state index is -0.443. The summed E-state index contributed by atoms with van der Waals surface area (Å²) in [7, 11) is 0. The first kappa shape index (κ1) is 18.9. The molecule has 0 atom stereocenters. The third kappa shape index (κ3) is 4.28. The molecule has 1 N–H and O–H groups in total. The number of carbonyl (C=O) groups is 3. The van der Waals surface area contributed by atoms with Gasteiger partial charge in [0, 0.05) is 5.69 Å². The molecule has 0 spiro atoms. The lowest BCUT2D eigenvalue weighted by molar-refractivity contribution is -0.127. The molecule has 1 saturated heterocycles. The van der Waals surface area contributed by atoms with E-state index in [1.54, 1.807) is 6.08 Å². The Balaban J connectivity index is 1.72. The van der Waals surface area contributed by atoms with Crippen LogP contribution in [0.4, 0.5) is 10.5 Å². The highest BCUT2D eigenvalue weighted by atomic mass is 32.2. The van der Waals surface area contributed by atoms with Gasteiger partial charge in [-0.05, 0) is 55.3 Å². The summed E-state index contributed by atoms with van der Waals surface area (Å²) in [4.78, 5) is 38.5. The largest absolute Gasteiger partial charge is 0.324 e. The lowest BCUT2D eigenvalue weighted by Crippen LogP contribution is -2.36. The van der Waals surface area contributed by atoms with Crippen molar-refractivity contribution >= 4 is 40.6 Å². The van der Waals surface area contributed by atoms with Crippen molar-refractivity contribution in [2.75, 3.05) is 11.9 Å². The minimum Gasteiger partial charge on any atom is -0.324 e. The maximum atomic E-state index is 12.5. The fourth-order valence-electron chi connectivity index (χ4n) is 3.04. The van der Waals surface area contributed by atoms with Gasteiger partial charge in [-0.15, -0.1) is 0 Å². The van der Waals surface area contributed by atoms with Gasteiger partial charge in [-0.25, -0.2) is 0 Å². The maximum absolute atomic E-state index is 12.5. The van der Waals surface area contributed by atoms with Crippen molar-refractivity contribution in [2.24, 2.45) is 0 Å². The molecule has 0 aliphatic carbocycles. The predicted molar refractivity (Wildman–Crippen MR) is 108 cm³/mol. The van der Waals surface area contributed by atoms with Crippen molar-refractivity contribution < 1.29 is 14.4 Å². The van der Waals surface area contributed by atoms with Crippen LogP contribution in [-0.4, -0.2) is 28.5 Å². The highest BCUT2D eigenvalue weighted by Gasteiger charge is 2.36. The molecular weight excluding hydrogens is 360 g/mol. The normalized spacial score (nSPS) is 15.5. The zero-order chi connectivity index (χ0) is 19.6. The Bertz CT molecular complexity index is 928. The quantitative estimate of drug-likeness (QED) is 0.804. The van der Waals surface area contributed by atoms with Gasteiger partial charge in [0.1, 0.15) is 6.54 Å². The molecule has 138 valence electrons. The van der Waals surface area contributed by atoms with Crippen molar-refractivity contribution in [3.05, 3.63) is 69.6 Å². The number of nitrogens with one attached hydrogen (secondary N) is 1. The fourth-order valence-corrected chi connectivity index (χ4v) is 3.87. The van der Waals surface area contributed by atoms with Crippen molar-refractivity contribution in [2.45, 2.75) is 20.8 Å².